The van der Waals surface area contributed by atoms with Gasteiger partial charge in [-0.3, -0.25) is 14.4 Å². The molecule has 53 heavy (non-hydrogen) atoms. The summed E-state index contributed by atoms with van der Waals surface area (Å²) in [5.41, 5.74) is 5.50. The van der Waals surface area contributed by atoms with E-state index in [1.54, 1.807) is 36.4 Å². The van der Waals surface area contributed by atoms with E-state index in [0.717, 1.165) is 32.2 Å². The Labute approximate surface area is 317 Å². The van der Waals surface area contributed by atoms with Crippen molar-refractivity contribution in [1.82, 2.24) is 10.3 Å². The van der Waals surface area contributed by atoms with Gasteiger partial charge >= 0.3 is 0 Å². The van der Waals surface area contributed by atoms with E-state index in [1.165, 1.54) is 23.1 Å². The van der Waals surface area contributed by atoms with Crippen LogP contribution in [0.15, 0.2) is 144 Å². The van der Waals surface area contributed by atoms with Crippen LogP contribution < -0.4 is 20.7 Å². The number of aromatic nitrogens is 1. The first-order chi connectivity index (χ1) is 25.7. The molecule has 0 saturated heterocycles. The second kappa shape index (κ2) is 17.5. The van der Waals surface area contributed by atoms with Crippen LogP contribution in [0, 0.1) is 13.8 Å². The van der Waals surface area contributed by atoms with Gasteiger partial charge in [-0.25, -0.2) is 4.98 Å². The first-order valence-corrected chi connectivity index (χ1v) is 18.7. The summed E-state index contributed by atoms with van der Waals surface area (Å²) in [5.74, 6) is -0.440. The van der Waals surface area contributed by atoms with E-state index >= 15 is 0 Å². The maximum Gasteiger partial charge on any atom is 0.272 e. The van der Waals surface area contributed by atoms with Crippen molar-refractivity contribution >= 4 is 57.7 Å². The van der Waals surface area contributed by atoms with Crippen LogP contribution in [-0.2, 0) is 9.59 Å². The van der Waals surface area contributed by atoms with Gasteiger partial charge in [0.15, 0.2) is 5.13 Å². The van der Waals surface area contributed by atoms with E-state index in [9.17, 15) is 14.4 Å². The highest BCUT2D eigenvalue weighted by atomic mass is 32.2. The maximum atomic E-state index is 13.9. The Hall–Kier alpha value is -5.97. The molecule has 10 heteroatoms. The number of amides is 3. The molecule has 8 nitrogen and oxygen atoms in total. The fraction of sp³-hybridized carbons (Fsp3) is 0.116. The Balaban J connectivity index is 1.22. The second-order valence-corrected chi connectivity index (χ2v) is 14.4. The summed E-state index contributed by atoms with van der Waals surface area (Å²) >= 11 is 2.80. The number of anilines is 2. The number of ether oxygens (including phenoxy) is 1. The highest BCUT2D eigenvalue weighted by Crippen LogP contribution is 2.38. The Bertz CT molecular complexity index is 2220. The minimum atomic E-state index is -0.616. The highest BCUT2D eigenvalue weighted by molar-refractivity contribution is 8.00. The minimum absolute atomic E-state index is 0.0614. The number of nitrogens with one attached hydrogen (secondary N) is 3. The summed E-state index contributed by atoms with van der Waals surface area (Å²) in [7, 11) is 0. The third-order valence-electron chi connectivity index (χ3n) is 8.07. The molecule has 0 saturated carbocycles. The highest BCUT2D eigenvalue weighted by Gasteiger charge is 2.24. The molecule has 0 aliphatic heterocycles. The number of carbonyl (C=O) groups is 3. The number of thioether (sulfide) groups is 1. The lowest BCUT2D eigenvalue weighted by molar-refractivity contribution is -0.116. The van der Waals surface area contributed by atoms with Gasteiger partial charge in [0, 0.05) is 26.6 Å². The topological polar surface area (TPSA) is 109 Å². The molecule has 1 heterocycles. The van der Waals surface area contributed by atoms with Crippen LogP contribution in [-0.4, -0.2) is 29.3 Å². The van der Waals surface area contributed by atoms with Gasteiger partial charge in [0.05, 0.1) is 12.3 Å². The summed E-state index contributed by atoms with van der Waals surface area (Å²) in [6.45, 7) is 6.48. The first-order valence-electron chi connectivity index (χ1n) is 17.0. The molecule has 6 rings (SSSR count). The second-order valence-electron chi connectivity index (χ2n) is 12.0. The quantitative estimate of drug-likeness (QED) is 0.0805. The molecule has 1 unspecified atom stereocenters. The van der Waals surface area contributed by atoms with Crippen molar-refractivity contribution in [1.29, 1.82) is 0 Å². The third-order valence-corrected chi connectivity index (χ3v) is 10.2. The largest absolute Gasteiger partial charge is 0.494 e. The number of carbonyl (C=O) groups excluding carboxylic acids is 3. The van der Waals surface area contributed by atoms with Gasteiger partial charge in [-0.15, -0.1) is 23.1 Å². The fourth-order valence-corrected chi connectivity index (χ4v) is 7.34. The minimum Gasteiger partial charge on any atom is -0.494 e. The summed E-state index contributed by atoms with van der Waals surface area (Å²) in [6.07, 6.45) is 1.62. The zero-order valence-electron chi connectivity index (χ0n) is 29.5. The molecule has 0 fully saturated rings. The molecule has 1 atom stereocenters. The van der Waals surface area contributed by atoms with Gasteiger partial charge in [-0.1, -0.05) is 96.6 Å². The molecule has 0 aliphatic rings. The zero-order chi connectivity index (χ0) is 37.2. The van der Waals surface area contributed by atoms with Crippen LogP contribution in [0.4, 0.5) is 10.8 Å². The number of hydrogen-bond acceptors (Lipinski definition) is 7. The Morgan fingerprint density at radius 2 is 1.51 bits per heavy atom. The van der Waals surface area contributed by atoms with E-state index in [-0.39, 0.29) is 11.6 Å². The summed E-state index contributed by atoms with van der Waals surface area (Å²) in [4.78, 5) is 47.4. The third kappa shape index (κ3) is 9.88. The van der Waals surface area contributed by atoms with Crippen molar-refractivity contribution in [2.24, 2.45) is 0 Å². The van der Waals surface area contributed by atoms with Crippen LogP contribution >= 0.6 is 23.1 Å². The van der Waals surface area contributed by atoms with Crippen LogP contribution in [0.25, 0.3) is 17.3 Å². The van der Waals surface area contributed by atoms with Crippen molar-refractivity contribution in [2.75, 3.05) is 17.2 Å². The molecule has 0 bridgehead atoms. The van der Waals surface area contributed by atoms with Gasteiger partial charge in [0.1, 0.15) is 16.7 Å². The molecule has 0 aliphatic carbocycles. The fourth-order valence-electron chi connectivity index (χ4n) is 5.42. The van der Waals surface area contributed by atoms with Crippen LogP contribution in [0.5, 0.6) is 5.75 Å². The van der Waals surface area contributed by atoms with Crippen LogP contribution in [0.1, 0.15) is 44.1 Å². The van der Waals surface area contributed by atoms with E-state index < -0.39 is 17.1 Å². The molecule has 0 radical (unpaired) electrons. The van der Waals surface area contributed by atoms with Gasteiger partial charge in [0.25, 0.3) is 11.8 Å². The van der Waals surface area contributed by atoms with Crippen LogP contribution in [0.2, 0.25) is 0 Å². The van der Waals surface area contributed by atoms with Gasteiger partial charge < -0.3 is 20.7 Å². The molecule has 3 N–H and O–H groups in total. The molecule has 6 aromatic rings. The maximum absolute atomic E-state index is 13.9. The average Bonchev–Trinajstić information content (AvgIpc) is 3.54. The lowest BCUT2D eigenvalue weighted by Crippen LogP contribution is -2.30. The van der Waals surface area contributed by atoms with Crippen molar-refractivity contribution in [2.45, 2.75) is 30.9 Å². The van der Waals surface area contributed by atoms with Crippen molar-refractivity contribution in [3.05, 3.63) is 166 Å². The van der Waals surface area contributed by atoms with Crippen LogP contribution in [0.3, 0.4) is 0 Å². The molecular formula is C43H38N4O4S2. The van der Waals surface area contributed by atoms with Gasteiger partial charge in [-0.2, -0.15) is 0 Å². The average molecular weight is 739 g/mol. The number of benzene rings is 5. The smallest absolute Gasteiger partial charge is 0.272 e. The van der Waals surface area contributed by atoms with Crippen molar-refractivity contribution < 1.29 is 19.1 Å². The summed E-state index contributed by atoms with van der Waals surface area (Å²) in [5, 5.41) is 8.67. The van der Waals surface area contributed by atoms with E-state index in [4.69, 9.17) is 9.72 Å². The van der Waals surface area contributed by atoms with Crippen molar-refractivity contribution in [3.63, 3.8) is 0 Å². The number of hydrogen-bond donors (Lipinski definition) is 3. The molecule has 0 spiro atoms. The van der Waals surface area contributed by atoms with Gasteiger partial charge in [0.2, 0.25) is 5.91 Å². The molecule has 1 aromatic heterocycles. The predicted octanol–water partition coefficient (Wildman–Crippen LogP) is 9.71. The summed E-state index contributed by atoms with van der Waals surface area (Å²) < 4.78 is 5.55. The lowest BCUT2D eigenvalue weighted by atomic mass is 10.1. The SMILES string of the molecule is CCOc1ccc(/C=C(/NC(=O)c2ccccc2)C(=O)Nc2cccc(SC(C(=O)Nc3nc(-c4ccc(C)cc4)c(C)s3)c3ccccc3)c2)cc1. The molecule has 5 aromatic carbocycles. The number of nitrogens with zero attached hydrogens (tertiary/aromatic N) is 1. The van der Waals surface area contributed by atoms with Gasteiger partial charge in [-0.05, 0) is 80.4 Å². The Kier molecular flexibility index (Phi) is 12.2. The lowest BCUT2D eigenvalue weighted by Gasteiger charge is -2.17. The normalized spacial score (nSPS) is 11.7. The molecule has 266 valence electrons. The Morgan fingerprint density at radius 3 is 2.21 bits per heavy atom. The zero-order valence-corrected chi connectivity index (χ0v) is 31.1. The van der Waals surface area contributed by atoms with E-state index in [0.29, 0.717) is 34.3 Å². The predicted molar refractivity (Wildman–Crippen MR) is 215 cm³/mol. The van der Waals surface area contributed by atoms with E-state index in [1.807, 2.05) is 124 Å². The van der Waals surface area contributed by atoms with E-state index in [2.05, 4.69) is 16.0 Å². The standard InChI is InChI=1S/C43H38N4O4S2/c1-4-51-35-24-20-30(21-25-35)26-37(45-40(48)33-14-9-6-10-15-33)41(49)44-34-16-11-17-36(27-34)53-39(32-12-7-5-8-13-32)42(50)47-43-46-38(29(3)52-43)31-22-18-28(2)19-23-31/h5-27,39H,4H2,1-3H3,(H,44,49)(H,45,48)(H,46,47,50)/b37-26+. The Morgan fingerprint density at radius 1 is 0.811 bits per heavy atom. The van der Waals surface area contributed by atoms with Crippen molar-refractivity contribution in [3.8, 4) is 17.0 Å². The summed E-state index contributed by atoms with van der Waals surface area (Å²) in [6, 6.07) is 40.9. The molecular weight excluding hydrogens is 701 g/mol. The number of rotatable bonds is 13. The number of thiazole rings is 1. The monoisotopic (exact) mass is 738 g/mol. The first kappa shape index (κ1) is 36.8. The molecule has 3 amide bonds. The number of aryl methyl sites for hydroxylation is 2.